The summed E-state index contributed by atoms with van der Waals surface area (Å²) in [6, 6.07) is 0. The highest BCUT2D eigenvalue weighted by atomic mass is 32.2. The van der Waals surface area contributed by atoms with E-state index in [2.05, 4.69) is 10.0 Å². The highest BCUT2D eigenvalue weighted by Crippen LogP contribution is 1.88. The van der Waals surface area contributed by atoms with Gasteiger partial charge in [0.15, 0.2) is 0 Å². The van der Waals surface area contributed by atoms with Crippen molar-refractivity contribution in [1.82, 2.24) is 10.0 Å². The van der Waals surface area contributed by atoms with E-state index in [4.69, 9.17) is 0 Å². The molecule has 0 aromatic carbocycles. The minimum atomic E-state index is -3.00. The summed E-state index contributed by atoms with van der Waals surface area (Å²) in [5.41, 5.74) is 0. The molecule has 13 heavy (non-hydrogen) atoms. The quantitative estimate of drug-likeness (QED) is 0.565. The molecule has 4 nitrogen and oxygen atoms in total. The van der Waals surface area contributed by atoms with Gasteiger partial charge in [0.05, 0.1) is 5.75 Å². The Balaban J connectivity index is 3.41. The number of nitrogens with one attached hydrogen (secondary N) is 2. The van der Waals surface area contributed by atoms with Crippen molar-refractivity contribution in [2.75, 3.05) is 25.4 Å². The van der Waals surface area contributed by atoms with Gasteiger partial charge in [0.1, 0.15) is 0 Å². The van der Waals surface area contributed by atoms with Crippen LogP contribution in [-0.2, 0) is 10.0 Å². The van der Waals surface area contributed by atoms with Gasteiger partial charge in [-0.25, -0.2) is 13.1 Å². The third-order valence-corrected chi connectivity index (χ3v) is 3.16. The molecule has 0 radical (unpaired) electrons. The summed E-state index contributed by atoms with van der Waals surface area (Å²) in [5.74, 6) is 0.230. The van der Waals surface area contributed by atoms with Crippen LogP contribution in [0.4, 0.5) is 0 Å². The summed E-state index contributed by atoms with van der Waals surface area (Å²) < 4.78 is 24.8. The Morgan fingerprint density at radius 2 is 1.85 bits per heavy atom. The lowest BCUT2D eigenvalue weighted by Crippen LogP contribution is -2.29. The second-order valence-electron chi connectivity index (χ2n) is 2.92. The van der Waals surface area contributed by atoms with Crippen LogP contribution in [0.25, 0.3) is 0 Å². The molecule has 80 valence electrons. The first-order valence-corrected chi connectivity index (χ1v) is 6.45. The van der Waals surface area contributed by atoms with Gasteiger partial charge in [-0.15, -0.1) is 0 Å². The Hall–Kier alpha value is -0.130. The van der Waals surface area contributed by atoms with Crippen molar-refractivity contribution in [2.45, 2.75) is 26.7 Å². The van der Waals surface area contributed by atoms with Crippen LogP contribution in [0.1, 0.15) is 26.7 Å². The van der Waals surface area contributed by atoms with Gasteiger partial charge in [0.2, 0.25) is 10.0 Å². The van der Waals surface area contributed by atoms with E-state index in [1.165, 1.54) is 0 Å². The van der Waals surface area contributed by atoms with Crippen LogP contribution in [0.5, 0.6) is 0 Å². The second-order valence-corrected chi connectivity index (χ2v) is 4.85. The summed E-state index contributed by atoms with van der Waals surface area (Å²) in [6.45, 7) is 6.22. The highest BCUT2D eigenvalue weighted by Gasteiger charge is 2.05. The van der Waals surface area contributed by atoms with E-state index in [9.17, 15) is 8.42 Å². The van der Waals surface area contributed by atoms with E-state index in [0.717, 1.165) is 19.5 Å². The van der Waals surface area contributed by atoms with Gasteiger partial charge in [-0.1, -0.05) is 13.8 Å². The lowest BCUT2D eigenvalue weighted by atomic mass is 10.4. The van der Waals surface area contributed by atoms with Gasteiger partial charge in [-0.2, -0.15) is 0 Å². The molecule has 0 fully saturated rings. The average molecular weight is 208 g/mol. The predicted octanol–water partition coefficient (Wildman–Crippen LogP) is 0.315. The molecule has 0 unspecified atom stereocenters. The van der Waals surface area contributed by atoms with E-state index in [-0.39, 0.29) is 5.75 Å². The van der Waals surface area contributed by atoms with E-state index in [1.807, 2.05) is 13.8 Å². The Morgan fingerprint density at radius 1 is 1.15 bits per heavy atom. The molecule has 0 aliphatic heterocycles. The summed E-state index contributed by atoms with van der Waals surface area (Å²) >= 11 is 0. The first-order chi connectivity index (χ1) is 6.12. The lowest BCUT2D eigenvalue weighted by Gasteiger charge is -2.05. The summed E-state index contributed by atoms with van der Waals surface area (Å²) in [7, 11) is -3.00. The molecule has 0 amide bonds. The van der Waals surface area contributed by atoms with Crippen LogP contribution >= 0.6 is 0 Å². The van der Waals surface area contributed by atoms with Crippen molar-refractivity contribution in [3.63, 3.8) is 0 Å². The van der Waals surface area contributed by atoms with E-state index in [1.54, 1.807) is 0 Å². The monoisotopic (exact) mass is 208 g/mol. The maximum absolute atomic E-state index is 11.1. The molecular weight excluding hydrogens is 188 g/mol. The first kappa shape index (κ1) is 12.9. The zero-order valence-electron chi connectivity index (χ0n) is 8.47. The molecule has 0 atom stereocenters. The predicted molar refractivity (Wildman–Crippen MR) is 55.2 cm³/mol. The average Bonchev–Trinajstić information content (AvgIpc) is 2.04. The molecule has 5 heteroatoms. The third-order valence-electron chi connectivity index (χ3n) is 1.58. The molecule has 0 spiro atoms. The van der Waals surface area contributed by atoms with Crippen LogP contribution in [0.2, 0.25) is 0 Å². The minimum Gasteiger partial charge on any atom is -0.317 e. The molecule has 0 saturated heterocycles. The fourth-order valence-electron chi connectivity index (χ4n) is 0.959. The van der Waals surface area contributed by atoms with Crippen molar-refractivity contribution in [3.05, 3.63) is 0 Å². The fourth-order valence-corrected chi connectivity index (χ4v) is 2.10. The lowest BCUT2D eigenvalue weighted by molar-refractivity contribution is 0.574. The molecule has 0 bridgehead atoms. The Morgan fingerprint density at radius 3 is 2.38 bits per heavy atom. The van der Waals surface area contributed by atoms with Crippen LogP contribution < -0.4 is 10.0 Å². The molecule has 0 saturated carbocycles. The third kappa shape index (κ3) is 8.21. The van der Waals surface area contributed by atoms with Crippen LogP contribution in [0.3, 0.4) is 0 Å². The largest absolute Gasteiger partial charge is 0.317 e. The van der Waals surface area contributed by atoms with E-state index in [0.29, 0.717) is 13.0 Å². The number of sulfonamides is 1. The zero-order valence-corrected chi connectivity index (χ0v) is 9.28. The normalized spacial score (nSPS) is 11.8. The van der Waals surface area contributed by atoms with Crippen molar-refractivity contribution < 1.29 is 8.42 Å². The van der Waals surface area contributed by atoms with Gasteiger partial charge >= 0.3 is 0 Å². The fraction of sp³-hybridized carbons (Fsp3) is 1.00. The number of hydrogen-bond donors (Lipinski definition) is 2. The zero-order chi connectivity index (χ0) is 10.2. The number of rotatable bonds is 8. The van der Waals surface area contributed by atoms with Gasteiger partial charge in [0.25, 0.3) is 0 Å². The summed E-state index contributed by atoms with van der Waals surface area (Å²) in [4.78, 5) is 0. The Bertz CT molecular complexity index is 202. The van der Waals surface area contributed by atoms with Crippen LogP contribution in [0.15, 0.2) is 0 Å². The van der Waals surface area contributed by atoms with Crippen molar-refractivity contribution in [3.8, 4) is 0 Å². The van der Waals surface area contributed by atoms with Crippen LogP contribution in [-0.4, -0.2) is 33.8 Å². The van der Waals surface area contributed by atoms with Crippen LogP contribution in [0, 0.1) is 0 Å². The molecule has 0 aliphatic carbocycles. The molecule has 0 rings (SSSR count). The van der Waals surface area contributed by atoms with Crippen molar-refractivity contribution >= 4 is 10.0 Å². The SMILES string of the molecule is CCCS(=O)(=O)NCCCNCC. The smallest absolute Gasteiger partial charge is 0.211 e. The summed E-state index contributed by atoms with van der Waals surface area (Å²) in [6.07, 6.45) is 1.51. The molecule has 0 aromatic heterocycles. The van der Waals surface area contributed by atoms with E-state index >= 15 is 0 Å². The maximum atomic E-state index is 11.1. The topological polar surface area (TPSA) is 58.2 Å². The Labute approximate surface area is 81.2 Å². The first-order valence-electron chi connectivity index (χ1n) is 4.80. The standard InChI is InChI=1S/C8H20N2O2S/c1-3-8-13(11,12)10-7-5-6-9-4-2/h9-10H,3-8H2,1-2H3. The number of hydrogen-bond acceptors (Lipinski definition) is 3. The van der Waals surface area contributed by atoms with Gasteiger partial charge in [-0.05, 0) is 25.9 Å². The second kappa shape index (κ2) is 7.29. The van der Waals surface area contributed by atoms with Gasteiger partial charge in [-0.3, -0.25) is 0 Å². The molecule has 0 aliphatic rings. The van der Waals surface area contributed by atoms with Gasteiger partial charge < -0.3 is 5.32 Å². The molecule has 2 N–H and O–H groups in total. The highest BCUT2D eigenvalue weighted by molar-refractivity contribution is 7.89. The maximum Gasteiger partial charge on any atom is 0.211 e. The molecule has 0 heterocycles. The van der Waals surface area contributed by atoms with Gasteiger partial charge in [0, 0.05) is 6.54 Å². The van der Waals surface area contributed by atoms with Crippen molar-refractivity contribution in [2.24, 2.45) is 0 Å². The molecule has 0 aromatic rings. The minimum absolute atomic E-state index is 0.230. The van der Waals surface area contributed by atoms with Crippen molar-refractivity contribution in [1.29, 1.82) is 0 Å². The molecular formula is C8H20N2O2S. The summed E-state index contributed by atoms with van der Waals surface area (Å²) in [5, 5.41) is 3.13. The van der Waals surface area contributed by atoms with E-state index < -0.39 is 10.0 Å². The Kier molecular flexibility index (Phi) is 7.22.